The predicted octanol–water partition coefficient (Wildman–Crippen LogP) is 8.28. The summed E-state index contributed by atoms with van der Waals surface area (Å²) < 4.78 is 48.8. The number of unbranched alkanes of at least 4 members (excludes halogenated alkanes) is 2. The van der Waals surface area contributed by atoms with Gasteiger partial charge in [-0.05, 0) is 133 Å². The van der Waals surface area contributed by atoms with Crippen LogP contribution >= 0.6 is 11.8 Å². The Labute approximate surface area is 860 Å². The highest BCUT2D eigenvalue weighted by Crippen LogP contribution is 2.65. The molecular formula is C108H134N6O33S. The number of nitrogens with one attached hydrogen (secondary N) is 3. The summed E-state index contributed by atoms with van der Waals surface area (Å²) in [5.41, 5.74) is 0.594. The first kappa shape index (κ1) is 116. The smallest absolute Gasteiger partial charge is 0.350 e. The van der Waals surface area contributed by atoms with Crippen molar-refractivity contribution in [1.29, 1.82) is 5.41 Å². The number of aryl methyl sites for hydroxylation is 1. The van der Waals surface area contributed by atoms with Crippen LogP contribution in [0.3, 0.4) is 0 Å². The molecule has 15 N–H and O–H groups in total. The Morgan fingerprint density at radius 2 is 1.32 bits per heavy atom. The number of aliphatic carboxylic acids is 1. The van der Waals surface area contributed by atoms with E-state index in [0.717, 1.165) is 26.7 Å². The lowest BCUT2D eigenvalue weighted by atomic mass is 9.44. The van der Waals surface area contributed by atoms with Crippen molar-refractivity contribution >= 4 is 118 Å². The molecule has 5 aliphatic carbocycles. The molecule has 6 unspecified atom stereocenters. The molecule has 148 heavy (non-hydrogen) atoms. The number of carboxylic acids is 1. The Balaban J connectivity index is 0.000000253. The summed E-state index contributed by atoms with van der Waals surface area (Å²) in [6.07, 6.45) is -12.7. The zero-order valence-electron chi connectivity index (χ0n) is 85.0. The number of rotatable bonds is 41. The van der Waals surface area contributed by atoms with E-state index in [0.29, 0.717) is 56.5 Å². The van der Waals surface area contributed by atoms with E-state index in [1.54, 1.807) is 107 Å². The van der Waals surface area contributed by atoms with Crippen molar-refractivity contribution in [2.75, 3.05) is 32.1 Å². The van der Waals surface area contributed by atoms with Gasteiger partial charge in [0.25, 0.3) is 5.91 Å². The number of carboxylic acid groups (broad SMARTS) is 1. The number of fused-ring (bicyclic) bond motifs is 8. The number of ether oxygens (including phenoxy) is 8. The number of carbonyl (C=O) groups excluding carboxylic acids is 16. The molecule has 2 bridgehead atoms. The van der Waals surface area contributed by atoms with Crippen LogP contribution in [0.2, 0.25) is 0 Å². The number of hydrogen-bond acceptors (Lipinski definition) is 35. The van der Waals surface area contributed by atoms with Gasteiger partial charge in [0.05, 0.1) is 76.6 Å². The lowest BCUT2D eigenvalue weighted by Crippen LogP contribution is -2.82. The number of benzene rings is 5. The van der Waals surface area contributed by atoms with E-state index < -0.39 is 232 Å². The third kappa shape index (κ3) is 25.3. The van der Waals surface area contributed by atoms with E-state index in [1.807, 2.05) is 6.92 Å². The molecule has 5 amide bonds. The van der Waals surface area contributed by atoms with Crippen molar-refractivity contribution in [3.63, 3.8) is 0 Å². The molecule has 5 aromatic rings. The number of nitrogens with two attached hydrogens (primary N) is 2. The van der Waals surface area contributed by atoms with Crippen LogP contribution in [-0.4, -0.2) is 267 Å². The summed E-state index contributed by atoms with van der Waals surface area (Å²) in [4.78, 5) is 225. The Morgan fingerprint density at radius 3 is 1.91 bits per heavy atom. The lowest BCUT2D eigenvalue weighted by Gasteiger charge is -2.67. The Hall–Kier alpha value is -12.5. The minimum atomic E-state index is -2.53. The Kier molecular flexibility index (Phi) is 38.6. The van der Waals surface area contributed by atoms with Gasteiger partial charge in [-0.15, -0.1) is 11.8 Å². The lowest BCUT2D eigenvalue weighted by molar-refractivity contribution is -0.346. The van der Waals surface area contributed by atoms with Crippen molar-refractivity contribution in [2.45, 2.75) is 300 Å². The fraction of sp³-hybridized carbons (Fsp3) is 0.537. The van der Waals surface area contributed by atoms with Crippen molar-refractivity contribution in [3.8, 4) is 11.5 Å². The highest BCUT2D eigenvalue weighted by Gasteiger charge is 2.79. The van der Waals surface area contributed by atoms with E-state index in [1.165, 1.54) is 81.6 Å². The minimum Gasteiger partial charge on any atom is -0.507 e. The number of thioether (sulfide) groups is 1. The number of carbonyl (C=O) groups is 17. The number of nitrogens with zero attached hydrogens (tertiary/aromatic N) is 1. The topological polar surface area (TPSA) is 629 Å². The van der Waals surface area contributed by atoms with Crippen molar-refractivity contribution in [2.24, 2.45) is 46.0 Å². The molecule has 0 radical (unpaired) electrons. The van der Waals surface area contributed by atoms with Crippen LogP contribution in [-0.2, 0) is 107 Å². The quantitative estimate of drug-likeness (QED) is 0.00326. The summed E-state index contributed by atoms with van der Waals surface area (Å²) in [7, 11) is 0. The molecule has 8 aliphatic rings. The van der Waals surface area contributed by atoms with Crippen LogP contribution in [0.25, 0.3) is 0 Å². The number of amides is 5. The zero-order chi connectivity index (χ0) is 109. The Morgan fingerprint density at radius 1 is 0.696 bits per heavy atom. The maximum Gasteiger partial charge on any atom is 0.350 e. The van der Waals surface area contributed by atoms with Crippen LogP contribution in [0.5, 0.6) is 11.5 Å². The second-order valence-electron chi connectivity index (χ2n) is 40.0. The minimum absolute atomic E-state index is 0.0107. The standard InChI is InChI=1S/C61H71NO19.C27H30N2O9.C20H33N3O5S/c1-9-37(42(66)29-41(34(3)63)25-27-46(68)69)26-28-47(70)79-51(49(38-19-13-10-14-20-38)62-55(72)39-21-15-11-16-22-39)57(74)78-43-31-61(75)54(80-56(73)40-23-17-12-18-24-40)52-59(8,44(67)30-45-60(52,32-76-45)81-36(5)65)53(71)50(77-35(4)64)48(33(43)2)58(61,6)7;1-10-4-3-5-12-18(10)25(34)21-20(23(12)32)24(33)13-7-27(36,16(29)9-30)8-15(19(13)26(21)35)38-17-6-14(28)22(31)11(2)37-17;1-3-15(14(2)24)8-9-18(26)22-10-12-29-16-13-19(27)23(20(16)28)11-6-4-5-7-17(21)25/h10-24,37,41,43-45,49-52,54,67,75H,9,25-32H2,1-8H3,(H,62,72)(H,68,69);3-5,11,14-15,17,22,29-31,33,35-36H,6-9,28H2,1-2H3;15-16H,3-13H2,1-2H3,(H2,21,25)(H,22,26)/t37?,41?,43-,44-,45+,49-,50+,51+,52?,54-,59+,60-,61+;11-,14-,15-,17?,22+,27-;/m01./s1. The molecular weight excluding hydrogens is 1940 g/mol. The molecule has 0 aromatic heterocycles. The largest absolute Gasteiger partial charge is 0.507 e. The predicted molar refractivity (Wildman–Crippen MR) is 530 cm³/mol. The number of hydrogen-bond donors (Lipinski definition) is 13. The van der Waals surface area contributed by atoms with Gasteiger partial charge in [0.15, 0.2) is 35.3 Å². The molecule has 5 aromatic carbocycles. The first-order valence-corrected chi connectivity index (χ1v) is 50.8. The van der Waals surface area contributed by atoms with Gasteiger partial charge in [0.1, 0.15) is 64.4 Å². The average molecular weight is 2080 g/mol. The highest BCUT2D eigenvalue weighted by atomic mass is 32.2. The molecule has 2 saturated carbocycles. The second-order valence-corrected chi connectivity index (χ2v) is 41.3. The van der Waals surface area contributed by atoms with E-state index in [2.05, 4.69) is 10.6 Å². The normalized spacial score (nSPS) is 26.4. The van der Waals surface area contributed by atoms with Crippen LogP contribution in [0.1, 0.15) is 279 Å². The molecule has 3 aliphatic heterocycles. The van der Waals surface area contributed by atoms with E-state index >= 15 is 9.59 Å². The number of Topliss-reactive ketones (excluding diaryl/α,β-unsaturated/α-hetero) is 4. The number of primary amides is 1. The van der Waals surface area contributed by atoms with Crippen molar-refractivity contribution in [1.82, 2.24) is 15.5 Å². The number of aromatic hydroxyl groups is 2. The first-order valence-electron chi connectivity index (χ1n) is 49.8. The zero-order valence-corrected chi connectivity index (χ0v) is 85.8. The number of likely N-dealkylation sites (tertiary alicyclic amines) is 1. The van der Waals surface area contributed by atoms with E-state index in [9.17, 15) is 113 Å². The summed E-state index contributed by atoms with van der Waals surface area (Å²) in [5.74, 6) is -14.6. The van der Waals surface area contributed by atoms with Gasteiger partial charge in [0.2, 0.25) is 29.7 Å². The summed E-state index contributed by atoms with van der Waals surface area (Å²) in [6, 6.07) is 26.2. The summed E-state index contributed by atoms with van der Waals surface area (Å²) in [5, 5.41) is 103. The van der Waals surface area contributed by atoms with Gasteiger partial charge in [-0.3, -0.25) is 76.8 Å². The Bertz CT molecular complexity index is 5900. The average Bonchev–Trinajstić information content (AvgIpc) is 0.671. The highest BCUT2D eigenvalue weighted by molar-refractivity contribution is 8.00. The molecule has 3 heterocycles. The first-order chi connectivity index (χ1) is 69.9. The maximum absolute atomic E-state index is 15.8. The van der Waals surface area contributed by atoms with Crippen molar-refractivity contribution in [3.05, 3.63) is 176 Å². The van der Waals surface area contributed by atoms with Gasteiger partial charge in [0, 0.05) is 160 Å². The fourth-order valence-electron chi connectivity index (χ4n) is 21.6. The van der Waals surface area contributed by atoms with E-state index in [4.69, 9.17) is 54.8 Å². The van der Waals surface area contributed by atoms with Crippen LogP contribution in [0, 0.1) is 46.8 Å². The SMILES string of the molecule is CCC(CCC(=O)NCCSC1CC(=O)N(CCCCCC(N)=O)C1=O)C(C)=O.CCC(CCC(=O)O[C@@H](C(=O)O[C@H]1C[C@@]2(O)[C@@H](OC(=O)c3ccccc3)C3[C@](C)(C(=O)[C@H](OC(C)=O)C(=C1C)C2(C)C)[C@@H](O)C[C@H]1OC[C@@]31OC(C)=O)[C@@H](NC(=O)c1ccccc1)c1ccccc1)C(=O)CC(CCC(=O)O)C(C)=O.Cc1cccc2c1C(=O)c1c(O)c3c(c(O)c1C2=O)C[C@](O)(C(=N)CO)C[C@H]3OC1C[C@@H](N)[C@@H](O)[C@@H](C)O1. The maximum atomic E-state index is 15.8. The van der Waals surface area contributed by atoms with Gasteiger partial charge < -0.3 is 106 Å². The summed E-state index contributed by atoms with van der Waals surface area (Å²) >= 11 is 1.38. The summed E-state index contributed by atoms with van der Waals surface area (Å²) in [6.45, 7) is 17.4. The van der Waals surface area contributed by atoms with Gasteiger partial charge >= 0.3 is 35.8 Å². The number of aliphatic hydroxyl groups excluding tert-OH is 3. The van der Waals surface area contributed by atoms with Crippen LogP contribution in [0.4, 0.5) is 0 Å². The number of imide groups is 1. The van der Waals surface area contributed by atoms with Gasteiger partial charge in [-0.1, -0.05) is 119 Å². The molecule has 800 valence electrons. The third-order valence-electron chi connectivity index (χ3n) is 30.0. The number of aliphatic hydroxyl groups is 5. The number of ketones is 6. The number of phenols is 2. The monoisotopic (exact) mass is 2070 g/mol. The third-order valence-corrected chi connectivity index (χ3v) is 31.2. The molecule has 39 nitrogen and oxygen atoms in total. The van der Waals surface area contributed by atoms with Crippen LogP contribution in [0.15, 0.2) is 120 Å². The molecule has 0 spiro atoms. The fourth-order valence-corrected chi connectivity index (χ4v) is 22.6. The molecule has 40 heteroatoms. The number of esters is 5. The van der Waals surface area contributed by atoms with E-state index in [-0.39, 0.29) is 167 Å². The number of phenolic OH excluding ortho intramolecular Hbond substituents is 2. The van der Waals surface area contributed by atoms with Crippen LogP contribution < -0.4 is 22.1 Å². The second kappa shape index (κ2) is 49.3. The molecule has 5 fully saturated rings. The molecule has 21 atom stereocenters. The molecule has 13 rings (SSSR count). The van der Waals surface area contributed by atoms with Gasteiger partial charge in [-0.2, -0.15) is 0 Å². The molecule has 3 saturated heterocycles. The van der Waals surface area contributed by atoms with Crippen molar-refractivity contribution < 1.29 is 160 Å². The van der Waals surface area contributed by atoms with Gasteiger partial charge in [-0.25, -0.2) is 9.59 Å².